The van der Waals surface area contributed by atoms with Crippen LogP contribution in [0.2, 0.25) is 0 Å². The molecule has 0 fully saturated rings. The van der Waals surface area contributed by atoms with E-state index in [0.717, 1.165) is 5.69 Å². The van der Waals surface area contributed by atoms with Gasteiger partial charge in [0.1, 0.15) is 5.75 Å². The van der Waals surface area contributed by atoms with E-state index in [1.54, 1.807) is 6.92 Å². The zero-order valence-corrected chi connectivity index (χ0v) is 9.33. The molecule has 5 heteroatoms. The lowest BCUT2D eigenvalue weighted by Gasteiger charge is -2.23. The number of carbonyl (C=O) groups is 1. The van der Waals surface area contributed by atoms with Gasteiger partial charge in [-0.1, -0.05) is 0 Å². The van der Waals surface area contributed by atoms with Gasteiger partial charge in [-0.3, -0.25) is 4.79 Å². The van der Waals surface area contributed by atoms with Crippen molar-refractivity contribution in [3.8, 4) is 5.75 Å². The van der Waals surface area contributed by atoms with Crippen molar-refractivity contribution in [1.82, 2.24) is 5.32 Å². The van der Waals surface area contributed by atoms with Crippen molar-refractivity contribution in [2.24, 2.45) is 0 Å². The lowest BCUT2D eigenvalue weighted by Crippen LogP contribution is -2.34. The minimum Gasteiger partial charge on any atom is -0.479 e. The SMILES string of the molecule is CNCNc1ccc2c(c1)NC(=O)C(C)O2. The number of anilines is 2. The lowest BCUT2D eigenvalue weighted by atomic mass is 10.2. The van der Waals surface area contributed by atoms with Crippen LogP contribution in [0.1, 0.15) is 6.92 Å². The first-order valence-electron chi connectivity index (χ1n) is 5.21. The topological polar surface area (TPSA) is 62.4 Å². The summed E-state index contributed by atoms with van der Waals surface area (Å²) in [6, 6.07) is 5.63. The predicted molar refractivity (Wildman–Crippen MR) is 62.7 cm³/mol. The van der Waals surface area contributed by atoms with Gasteiger partial charge in [-0.15, -0.1) is 0 Å². The summed E-state index contributed by atoms with van der Waals surface area (Å²) in [5.74, 6) is 0.598. The third-order valence-electron chi connectivity index (χ3n) is 2.38. The van der Waals surface area contributed by atoms with Crippen LogP contribution < -0.4 is 20.7 Å². The molecule has 1 aliphatic rings. The van der Waals surface area contributed by atoms with Crippen molar-refractivity contribution in [3.05, 3.63) is 18.2 Å². The summed E-state index contributed by atoms with van der Waals surface area (Å²) < 4.78 is 5.45. The number of ether oxygens (including phenoxy) is 1. The second-order valence-corrected chi connectivity index (χ2v) is 3.67. The monoisotopic (exact) mass is 221 g/mol. The molecule has 0 aliphatic carbocycles. The number of benzene rings is 1. The molecule has 1 aromatic rings. The molecule has 0 bridgehead atoms. The maximum absolute atomic E-state index is 11.4. The Morgan fingerprint density at radius 3 is 3.06 bits per heavy atom. The first-order valence-corrected chi connectivity index (χ1v) is 5.21. The Morgan fingerprint density at radius 2 is 2.31 bits per heavy atom. The van der Waals surface area contributed by atoms with Gasteiger partial charge >= 0.3 is 0 Å². The van der Waals surface area contributed by atoms with Gasteiger partial charge in [0.15, 0.2) is 6.10 Å². The number of hydrogen-bond acceptors (Lipinski definition) is 4. The Morgan fingerprint density at radius 1 is 1.50 bits per heavy atom. The summed E-state index contributed by atoms with van der Waals surface area (Å²) in [6.45, 7) is 2.40. The molecule has 86 valence electrons. The maximum atomic E-state index is 11.4. The average molecular weight is 221 g/mol. The maximum Gasteiger partial charge on any atom is 0.265 e. The molecule has 0 radical (unpaired) electrons. The van der Waals surface area contributed by atoms with E-state index < -0.39 is 6.10 Å². The highest BCUT2D eigenvalue weighted by Crippen LogP contribution is 2.31. The number of carbonyl (C=O) groups excluding carboxylic acids is 1. The molecule has 5 nitrogen and oxygen atoms in total. The van der Waals surface area contributed by atoms with Crippen LogP contribution in [-0.2, 0) is 4.79 Å². The molecule has 0 saturated carbocycles. The number of fused-ring (bicyclic) bond motifs is 1. The van der Waals surface area contributed by atoms with Crippen molar-refractivity contribution >= 4 is 17.3 Å². The van der Waals surface area contributed by atoms with Crippen molar-refractivity contribution in [1.29, 1.82) is 0 Å². The van der Waals surface area contributed by atoms with Crippen LogP contribution in [-0.4, -0.2) is 25.7 Å². The number of rotatable bonds is 3. The summed E-state index contributed by atoms with van der Waals surface area (Å²) in [7, 11) is 1.86. The molecule has 0 aromatic heterocycles. The first-order chi connectivity index (χ1) is 7.70. The molecular weight excluding hydrogens is 206 g/mol. The molecular formula is C11H15N3O2. The zero-order chi connectivity index (χ0) is 11.5. The van der Waals surface area contributed by atoms with Crippen molar-refractivity contribution < 1.29 is 9.53 Å². The van der Waals surface area contributed by atoms with Gasteiger partial charge in [-0.05, 0) is 32.2 Å². The summed E-state index contributed by atoms with van der Waals surface area (Å²) >= 11 is 0. The largest absolute Gasteiger partial charge is 0.479 e. The summed E-state index contributed by atoms with van der Waals surface area (Å²) in [6.07, 6.45) is -0.427. The van der Waals surface area contributed by atoms with Crippen LogP contribution in [0.4, 0.5) is 11.4 Å². The Bertz CT molecular complexity index is 406. The number of amides is 1. The fraction of sp³-hybridized carbons (Fsp3) is 0.364. The van der Waals surface area contributed by atoms with Crippen molar-refractivity contribution in [3.63, 3.8) is 0 Å². The van der Waals surface area contributed by atoms with Crippen LogP contribution in [0.15, 0.2) is 18.2 Å². The predicted octanol–water partition coefficient (Wildman–Crippen LogP) is 0.995. The van der Waals surface area contributed by atoms with Gasteiger partial charge < -0.3 is 20.7 Å². The number of nitrogens with one attached hydrogen (secondary N) is 3. The van der Waals surface area contributed by atoms with Gasteiger partial charge in [-0.25, -0.2) is 0 Å². The van der Waals surface area contributed by atoms with Crippen LogP contribution in [0.5, 0.6) is 5.75 Å². The van der Waals surface area contributed by atoms with Crippen LogP contribution in [0.3, 0.4) is 0 Å². The molecule has 1 atom stereocenters. The Hall–Kier alpha value is -1.75. The normalized spacial score (nSPS) is 18.4. The van der Waals surface area contributed by atoms with Crippen LogP contribution in [0, 0.1) is 0 Å². The standard InChI is InChI=1S/C11H15N3O2/c1-7-11(15)14-9-5-8(13-6-12-2)3-4-10(9)16-7/h3-5,7,12-13H,6H2,1-2H3,(H,14,15). The second-order valence-electron chi connectivity index (χ2n) is 3.67. The van der Waals surface area contributed by atoms with Crippen molar-refractivity contribution in [2.45, 2.75) is 13.0 Å². The third-order valence-corrected chi connectivity index (χ3v) is 2.38. The quantitative estimate of drug-likeness (QED) is 0.666. The zero-order valence-electron chi connectivity index (χ0n) is 9.33. The lowest BCUT2D eigenvalue weighted by molar-refractivity contribution is -0.122. The van der Waals surface area contributed by atoms with Crippen molar-refractivity contribution in [2.75, 3.05) is 24.3 Å². The van der Waals surface area contributed by atoms with E-state index >= 15 is 0 Å². The summed E-state index contributed by atoms with van der Waals surface area (Å²) in [5.41, 5.74) is 1.65. The minimum atomic E-state index is -0.427. The molecule has 1 aliphatic heterocycles. The molecule has 0 spiro atoms. The highest BCUT2D eigenvalue weighted by molar-refractivity contribution is 5.98. The van der Waals surface area contributed by atoms with E-state index in [1.807, 2.05) is 25.2 Å². The van der Waals surface area contributed by atoms with Gasteiger partial charge in [0.05, 0.1) is 12.4 Å². The molecule has 16 heavy (non-hydrogen) atoms. The molecule has 1 amide bonds. The number of hydrogen-bond donors (Lipinski definition) is 3. The molecule has 3 N–H and O–H groups in total. The fourth-order valence-electron chi connectivity index (χ4n) is 1.51. The van der Waals surface area contributed by atoms with E-state index in [2.05, 4.69) is 16.0 Å². The van der Waals surface area contributed by atoms with Gasteiger partial charge in [0.2, 0.25) is 0 Å². The first kappa shape index (κ1) is 10.8. The molecule has 1 heterocycles. The Balaban J connectivity index is 2.19. The molecule has 1 unspecified atom stereocenters. The van der Waals surface area contributed by atoms with E-state index in [4.69, 9.17) is 4.74 Å². The summed E-state index contributed by atoms with van der Waals surface area (Å²) in [5, 5.41) is 8.94. The van der Waals surface area contributed by atoms with E-state index in [-0.39, 0.29) is 5.91 Å². The van der Waals surface area contributed by atoms with Crippen LogP contribution >= 0.6 is 0 Å². The minimum absolute atomic E-state index is 0.113. The summed E-state index contributed by atoms with van der Waals surface area (Å²) in [4.78, 5) is 11.4. The second kappa shape index (κ2) is 4.40. The van der Waals surface area contributed by atoms with Gasteiger partial charge in [0.25, 0.3) is 5.91 Å². The molecule has 0 saturated heterocycles. The van der Waals surface area contributed by atoms with E-state index in [0.29, 0.717) is 18.1 Å². The Kier molecular flexibility index (Phi) is 2.96. The highest BCUT2D eigenvalue weighted by atomic mass is 16.5. The fourth-order valence-corrected chi connectivity index (χ4v) is 1.51. The third kappa shape index (κ3) is 2.09. The van der Waals surface area contributed by atoms with E-state index in [9.17, 15) is 4.79 Å². The highest BCUT2D eigenvalue weighted by Gasteiger charge is 2.23. The molecule has 2 rings (SSSR count). The van der Waals surface area contributed by atoms with Gasteiger partial charge in [-0.2, -0.15) is 0 Å². The van der Waals surface area contributed by atoms with E-state index in [1.165, 1.54) is 0 Å². The average Bonchev–Trinajstić information content (AvgIpc) is 2.28. The van der Waals surface area contributed by atoms with Gasteiger partial charge in [0, 0.05) is 5.69 Å². The molecule has 1 aromatic carbocycles. The smallest absolute Gasteiger partial charge is 0.265 e. The van der Waals surface area contributed by atoms with Crippen LogP contribution in [0.25, 0.3) is 0 Å². The Labute approximate surface area is 94.2 Å².